The Balaban J connectivity index is 1.89. The molecule has 0 amide bonds. The first-order valence-electron chi connectivity index (χ1n) is 8.78. The molecule has 2 rings (SSSR count). The van der Waals surface area contributed by atoms with E-state index in [1.807, 2.05) is 0 Å². The van der Waals surface area contributed by atoms with Crippen LogP contribution in [0.3, 0.4) is 0 Å². The van der Waals surface area contributed by atoms with Crippen molar-refractivity contribution in [1.29, 1.82) is 0 Å². The molecule has 1 heterocycles. The van der Waals surface area contributed by atoms with E-state index >= 15 is 0 Å². The van der Waals surface area contributed by atoms with Crippen LogP contribution in [0, 0.1) is 5.92 Å². The number of nitrogens with one attached hydrogen (secondary N) is 1. The van der Waals surface area contributed by atoms with Crippen LogP contribution in [-0.4, -0.2) is 22.7 Å². The predicted molar refractivity (Wildman–Crippen MR) is 85.4 cm³/mol. The van der Waals surface area contributed by atoms with E-state index in [9.17, 15) is 0 Å². The van der Waals surface area contributed by atoms with Crippen LogP contribution in [0.2, 0.25) is 0 Å². The predicted octanol–water partition coefficient (Wildman–Crippen LogP) is 4.07. The molecular formula is C17H31N3O. The molecule has 0 radical (unpaired) electrons. The van der Waals surface area contributed by atoms with Crippen molar-refractivity contribution in [1.82, 2.24) is 15.5 Å². The largest absolute Gasteiger partial charge is 0.339 e. The van der Waals surface area contributed by atoms with Gasteiger partial charge in [-0.3, -0.25) is 0 Å². The van der Waals surface area contributed by atoms with Crippen LogP contribution in [0.4, 0.5) is 0 Å². The summed E-state index contributed by atoms with van der Waals surface area (Å²) in [5.74, 6) is 3.14. The molecule has 1 atom stereocenters. The lowest BCUT2D eigenvalue weighted by Gasteiger charge is -2.23. The summed E-state index contributed by atoms with van der Waals surface area (Å²) in [6, 6.07) is 0.467. The highest BCUT2D eigenvalue weighted by Gasteiger charge is 2.24. The topological polar surface area (TPSA) is 51.0 Å². The average Bonchev–Trinajstić information content (AvgIpc) is 2.94. The SMILES string of the molecule is CCCNC(CCC)Cc1nc(C2CCC(C)CC2)no1. The molecule has 21 heavy (non-hydrogen) atoms. The van der Waals surface area contributed by atoms with Crippen molar-refractivity contribution in [2.75, 3.05) is 6.54 Å². The third-order valence-electron chi connectivity index (χ3n) is 4.61. The van der Waals surface area contributed by atoms with Crippen LogP contribution in [0.5, 0.6) is 0 Å². The lowest BCUT2D eigenvalue weighted by atomic mass is 9.83. The standard InChI is InChI=1S/C17H31N3O/c1-4-6-15(18-11-5-2)12-16-19-17(20-21-16)14-9-7-13(3)8-10-14/h13-15,18H,4-12H2,1-3H3. The highest BCUT2D eigenvalue weighted by molar-refractivity contribution is 4.98. The highest BCUT2D eigenvalue weighted by Crippen LogP contribution is 2.34. The zero-order chi connectivity index (χ0) is 15.1. The summed E-state index contributed by atoms with van der Waals surface area (Å²) < 4.78 is 5.50. The third-order valence-corrected chi connectivity index (χ3v) is 4.61. The first kappa shape index (κ1) is 16.5. The maximum Gasteiger partial charge on any atom is 0.228 e. The molecule has 1 aromatic heterocycles. The van der Waals surface area contributed by atoms with Gasteiger partial charge in [-0.05, 0) is 38.1 Å². The number of aromatic nitrogens is 2. The van der Waals surface area contributed by atoms with Crippen molar-refractivity contribution in [2.45, 2.75) is 84.1 Å². The summed E-state index contributed by atoms with van der Waals surface area (Å²) in [5, 5.41) is 7.83. The Labute approximate surface area is 129 Å². The Morgan fingerprint density at radius 2 is 1.95 bits per heavy atom. The zero-order valence-electron chi connectivity index (χ0n) is 13.9. The first-order chi connectivity index (χ1) is 10.2. The Morgan fingerprint density at radius 3 is 2.62 bits per heavy atom. The van der Waals surface area contributed by atoms with Crippen LogP contribution in [0.1, 0.15) is 83.3 Å². The molecule has 0 bridgehead atoms. The number of hydrogen-bond donors (Lipinski definition) is 1. The van der Waals surface area contributed by atoms with Crippen molar-refractivity contribution in [2.24, 2.45) is 5.92 Å². The van der Waals surface area contributed by atoms with E-state index < -0.39 is 0 Å². The van der Waals surface area contributed by atoms with Crippen LogP contribution in [-0.2, 0) is 6.42 Å². The molecule has 4 heteroatoms. The van der Waals surface area contributed by atoms with Crippen molar-refractivity contribution < 1.29 is 4.52 Å². The van der Waals surface area contributed by atoms with Gasteiger partial charge in [0.25, 0.3) is 0 Å². The molecule has 0 aliphatic heterocycles. The summed E-state index contributed by atoms with van der Waals surface area (Å²) in [5.41, 5.74) is 0. The minimum Gasteiger partial charge on any atom is -0.339 e. The molecule has 1 aromatic rings. The van der Waals surface area contributed by atoms with E-state index in [-0.39, 0.29) is 0 Å². The summed E-state index contributed by atoms with van der Waals surface area (Å²) in [7, 11) is 0. The van der Waals surface area contributed by atoms with Crippen molar-refractivity contribution >= 4 is 0 Å². The molecule has 1 aliphatic rings. The fourth-order valence-electron chi connectivity index (χ4n) is 3.22. The average molecular weight is 293 g/mol. The maximum atomic E-state index is 5.50. The fraction of sp³-hybridized carbons (Fsp3) is 0.882. The maximum absolute atomic E-state index is 5.50. The van der Waals surface area contributed by atoms with Crippen molar-refractivity contribution in [3.8, 4) is 0 Å². The Morgan fingerprint density at radius 1 is 1.19 bits per heavy atom. The van der Waals surface area contributed by atoms with Gasteiger partial charge in [-0.15, -0.1) is 0 Å². The lowest BCUT2D eigenvalue weighted by molar-refractivity contribution is 0.319. The van der Waals surface area contributed by atoms with E-state index in [0.717, 1.165) is 37.0 Å². The molecule has 1 aliphatic carbocycles. The molecule has 0 aromatic carbocycles. The second-order valence-electron chi connectivity index (χ2n) is 6.65. The van der Waals surface area contributed by atoms with Crippen LogP contribution >= 0.6 is 0 Å². The van der Waals surface area contributed by atoms with Gasteiger partial charge in [-0.2, -0.15) is 4.98 Å². The number of nitrogens with zero attached hydrogens (tertiary/aromatic N) is 2. The van der Waals surface area contributed by atoms with Crippen LogP contribution < -0.4 is 5.32 Å². The van der Waals surface area contributed by atoms with Gasteiger partial charge in [0.2, 0.25) is 5.89 Å². The molecule has 1 fully saturated rings. The Bertz CT molecular complexity index is 396. The molecule has 1 unspecified atom stereocenters. The van der Waals surface area contributed by atoms with Crippen LogP contribution in [0.15, 0.2) is 4.52 Å². The molecular weight excluding hydrogens is 262 g/mol. The minimum absolute atomic E-state index is 0.467. The first-order valence-corrected chi connectivity index (χ1v) is 8.78. The summed E-state index contributed by atoms with van der Waals surface area (Å²) in [6.07, 6.45) is 9.40. The quantitative estimate of drug-likeness (QED) is 0.785. The number of rotatable bonds is 8. The van der Waals surface area contributed by atoms with Crippen LogP contribution in [0.25, 0.3) is 0 Å². The normalized spacial score (nSPS) is 24.1. The third kappa shape index (κ3) is 5.10. The molecule has 4 nitrogen and oxygen atoms in total. The lowest BCUT2D eigenvalue weighted by Crippen LogP contribution is -2.31. The Kier molecular flexibility index (Phi) is 6.68. The second-order valence-corrected chi connectivity index (χ2v) is 6.65. The fourth-order valence-corrected chi connectivity index (χ4v) is 3.22. The van der Waals surface area contributed by atoms with Gasteiger partial charge in [0.15, 0.2) is 5.82 Å². The van der Waals surface area contributed by atoms with E-state index in [1.54, 1.807) is 0 Å². The van der Waals surface area contributed by atoms with E-state index in [1.165, 1.54) is 38.5 Å². The smallest absolute Gasteiger partial charge is 0.228 e. The summed E-state index contributed by atoms with van der Waals surface area (Å²) in [6.45, 7) is 7.83. The van der Waals surface area contributed by atoms with Gasteiger partial charge in [-0.1, -0.05) is 45.2 Å². The van der Waals surface area contributed by atoms with Gasteiger partial charge in [-0.25, -0.2) is 0 Å². The van der Waals surface area contributed by atoms with Gasteiger partial charge < -0.3 is 9.84 Å². The van der Waals surface area contributed by atoms with Gasteiger partial charge in [0.05, 0.1) is 0 Å². The van der Waals surface area contributed by atoms with Gasteiger partial charge >= 0.3 is 0 Å². The Hall–Kier alpha value is -0.900. The molecule has 1 saturated carbocycles. The second kappa shape index (κ2) is 8.52. The zero-order valence-corrected chi connectivity index (χ0v) is 13.9. The van der Waals surface area contributed by atoms with Crippen molar-refractivity contribution in [3.05, 3.63) is 11.7 Å². The highest BCUT2D eigenvalue weighted by atomic mass is 16.5. The monoisotopic (exact) mass is 293 g/mol. The summed E-state index contributed by atoms with van der Waals surface area (Å²) in [4.78, 5) is 4.67. The van der Waals surface area contributed by atoms with E-state index in [4.69, 9.17) is 4.52 Å². The molecule has 0 saturated heterocycles. The summed E-state index contributed by atoms with van der Waals surface area (Å²) >= 11 is 0. The number of hydrogen-bond acceptors (Lipinski definition) is 4. The molecule has 1 N–H and O–H groups in total. The van der Waals surface area contributed by atoms with E-state index in [2.05, 4.69) is 36.2 Å². The minimum atomic E-state index is 0.467. The van der Waals surface area contributed by atoms with E-state index in [0.29, 0.717) is 12.0 Å². The van der Waals surface area contributed by atoms with Gasteiger partial charge in [0.1, 0.15) is 0 Å². The van der Waals surface area contributed by atoms with Crippen molar-refractivity contribution in [3.63, 3.8) is 0 Å². The molecule has 0 spiro atoms. The molecule has 120 valence electrons. The van der Waals surface area contributed by atoms with Gasteiger partial charge in [0, 0.05) is 18.4 Å².